The van der Waals surface area contributed by atoms with E-state index >= 15 is 0 Å². The lowest BCUT2D eigenvalue weighted by atomic mass is 9.97. The Morgan fingerprint density at radius 3 is 1.50 bits per heavy atom. The van der Waals surface area contributed by atoms with Crippen molar-refractivity contribution >= 4 is 34.6 Å². The highest BCUT2D eigenvalue weighted by Crippen LogP contribution is 2.35. The third kappa shape index (κ3) is 7.11. The fourth-order valence-electron chi connectivity index (χ4n) is 5.37. The number of aromatic nitrogens is 1. The van der Waals surface area contributed by atoms with Gasteiger partial charge in [-0.2, -0.15) is 4.57 Å². The van der Waals surface area contributed by atoms with Gasteiger partial charge in [-0.3, -0.25) is 4.79 Å². The predicted molar refractivity (Wildman–Crippen MR) is 164 cm³/mol. The molecule has 0 amide bonds. The summed E-state index contributed by atoms with van der Waals surface area (Å²) in [5, 5.41) is 0. The molecule has 7 nitrogen and oxygen atoms in total. The second-order valence-electron chi connectivity index (χ2n) is 10.4. The maximum atomic E-state index is 14.0. The fraction of sp³-hybridized carbons (Fsp3) is 0. The van der Waals surface area contributed by atoms with Crippen LogP contribution in [0.1, 0.15) is 38.3 Å². The average Bonchev–Trinajstić information content (AvgIpc) is 3.37. The van der Waals surface area contributed by atoms with Gasteiger partial charge >= 0.3 is 0 Å². The predicted octanol–water partition coefficient (Wildman–Crippen LogP) is 3.33. The first-order valence-corrected chi connectivity index (χ1v) is 15.5. The summed E-state index contributed by atoms with van der Waals surface area (Å²) in [6.45, 7) is 0. The highest BCUT2D eigenvalue weighted by atomic mass is 35.7. The molecule has 226 valence electrons. The molecule has 0 bridgehead atoms. The van der Waals surface area contributed by atoms with Crippen LogP contribution in [0.15, 0.2) is 157 Å². The molecule has 3 heterocycles. The molecule has 0 saturated heterocycles. The standard InChI is InChI=1S/C38H26NO2.ClHO4/c40-38-33-24-27(21-22-39(33)37(32-19-11-4-12-20-32)36(38)31-17-9-3-10-18-31)23-28-25-34(29-13-5-1-6-14-29)41-35(26-28)30-15-7-2-8-16-30;2-1(3,4)5/h1-26H;(H,2,3,4,5)/q+1;/p-1. The smallest absolute Gasteiger partial charge is 0.264 e. The summed E-state index contributed by atoms with van der Waals surface area (Å²) in [5.74, 6) is 1.58. The van der Waals surface area contributed by atoms with Crippen molar-refractivity contribution in [1.29, 1.82) is 0 Å². The summed E-state index contributed by atoms with van der Waals surface area (Å²) in [7, 11) is -4.94. The number of ether oxygens (including phenoxy) is 1. The second kappa shape index (κ2) is 13.3. The van der Waals surface area contributed by atoms with Crippen LogP contribution in [-0.2, 0) is 4.74 Å². The summed E-state index contributed by atoms with van der Waals surface area (Å²) in [4.78, 5) is 14.0. The van der Waals surface area contributed by atoms with E-state index in [0.29, 0.717) is 11.3 Å². The molecule has 46 heavy (non-hydrogen) atoms. The number of hydrogen-bond acceptors (Lipinski definition) is 6. The van der Waals surface area contributed by atoms with Crippen LogP contribution in [0.4, 0.5) is 0 Å². The first-order valence-electron chi connectivity index (χ1n) is 14.3. The SMILES string of the molecule is O=C1C(c2ccccc2)=C(c2ccccc2)[n+]2ccc(C=C3C=C(c4ccccc4)OC(c4ccccc4)=C3)cc21.[O-][Cl+3]([O-])([O-])[O-]. The van der Waals surface area contributed by atoms with E-state index in [2.05, 4.69) is 24.3 Å². The van der Waals surface area contributed by atoms with Gasteiger partial charge in [0.2, 0.25) is 5.70 Å². The van der Waals surface area contributed by atoms with E-state index < -0.39 is 10.2 Å². The van der Waals surface area contributed by atoms with Gasteiger partial charge in [-0.1, -0.05) is 109 Å². The lowest BCUT2D eigenvalue weighted by molar-refractivity contribution is -2.00. The molecule has 0 spiro atoms. The normalized spacial score (nSPS) is 14.0. The molecule has 8 heteroatoms. The number of fused-ring (bicyclic) bond motifs is 1. The zero-order chi connectivity index (χ0) is 32.1. The summed E-state index contributed by atoms with van der Waals surface area (Å²) >= 11 is 0. The molecule has 0 fully saturated rings. The number of ketones is 1. The van der Waals surface area contributed by atoms with Crippen LogP contribution >= 0.6 is 0 Å². The Bertz CT molecular complexity index is 1930. The van der Waals surface area contributed by atoms with E-state index in [1.54, 1.807) is 0 Å². The van der Waals surface area contributed by atoms with E-state index in [1.807, 2.05) is 138 Å². The Labute approximate surface area is 268 Å². The minimum Gasteiger partial charge on any atom is -0.456 e. The molecule has 2 aliphatic heterocycles. The highest BCUT2D eigenvalue weighted by Gasteiger charge is 2.39. The Morgan fingerprint density at radius 2 is 1.02 bits per heavy atom. The molecule has 0 radical (unpaired) electrons. The molecular weight excluding hydrogens is 602 g/mol. The topological polar surface area (TPSA) is 122 Å². The highest BCUT2D eigenvalue weighted by molar-refractivity contribution is 6.34. The third-order valence-corrected chi connectivity index (χ3v) is 7.29. The quantitative estimate of drug-likeness (QED) is 0.276. The number of carbonyl (C=O) groups is 1. The van der Waals surface area contributed by atoms with Gasteiger partial charge < -0.3 is 4.74 Å². The first-order chi connectivity index (χ1) is 22.2. The van der Waals surface area contributed by atoms with Crippen molar-refractivity contribution in [2.45, 2.75) is 0 Å². The number of nitrogens with zero attached hydrogens (tertiary/aromatic N) is 1. The first kappa shape index (κ1) is 30.6. The molecule has 0 saturated carbocycles. The lowest BCUT2D eigenvalue weighted by Crippen LogP contribution is -2.68. The van der Waals surface area contributed by atoms with Gasteiger partial charge in [0, 0.05) is 28.8 Å². The van der Waals surface area contributed by atoms with Gasteiger partial charge in [0.05, 0.1) is 0 Å². The van der Waals surface area contributed by atoms with Crippen molar-refractivity contribution in [2.75, 3.05) is 0 Å². The minimum absolute atomic E-state index is 0.0170. The molecule has 0 aliphatic carbocycles. The maximum Gasteiger partial charge on any atom is 0.264 e. The van der Waals surface area contributed by atoms with E-state index in [-0.39, 0.29) is 5.78 Å². The van der Waals surface area contributed by atoms with Crippen molar-refractivity contribution < 1.29 is 43.0 Å². The Kier molecular flexibility index (Phi) is 8.85. The molecule has 2 aliphatic rings. The van der Waals surface area contributed by atoms with Crippen LogP contribution in [0.25, 0.3) is 28.9 Å². The summed E-state index contributed by atoms with van der Waals surface area (Å²) < 4.78 is 42.3. The zero-order valence-corrected chi connectivity index (χ0v) is 25.0. The van der Waals surface area contributed by atoms with Gasteiger partial charge in [-0.25, -0.2) is 18.6 Å². The number of carbonyl (C=O) groups excluding carboxylic acids is 1. The van der Waals surface area contributed by atoms with Crippen LogP contribution < -0.4 is 23.2 Å². The number of halogens is 1. The number of rotatable bonds is 5. The van der Waals surface area contributed by atoms with Gasteiger partial charge in [-0.05, 0) is 47.1 Å². The molecule has 0 unspecified atom stereocenters. The summed E-state index contributed by atoms with van der Waals surface area (Å²) in [5.41, 5.74) is 8.11. The van der Waals surface area contributed by atoms with Gasteiger partial charge in [0.1, 0.15) is 17.1 Å². The molecule has 5 aromatic rings. The van der Waals surface area contributed by atoms with Crippen LogP contribution in [-0.4, -0.2) is 5.78 Å². The molecule has 4 aromatic carbocycles. The number of benzene rings is 4. The number of Topliss-reactive ketones (excluding diaryl/α,β-unsaturated/α-hetero) is 1. The van der Waals surface area contributed by atoms with E-state index in [4.69, 9.17) is 23.4 Å². The van der Waals surface area contributed by atoms with Crippen molar-refractivity contribution in [3.63, 3.8) is 0 Å². The zero-order valence-electron chi connectivity index (χ0n) is 24.3. The van der Waals surface area contributed by atoms with E-state index in [0.717, 1.165) is 50.6 Å². The third-order valence-electron chi connectivity index (χ3n) is 7.29. The second-order valence-corrected chi connectivity index (χ2v) is 11.1. The summed E-state index contributed by atoms with van der Waals surface area (Å²) in [6.07, 6.45) is 8.20. The molecule has 0 atom stereocenters. The maximum absolute atomic E-state index is 14.0. The van der Waals surface area contributed by atoms with Gasteiger partial charge in [0.25, 0.3) is 11.5 Å². The van der Waals surface area contributed by atoms with E-state index in [9.17, 15) is 4.79 Å². The molecule has 1 aromatic heterocycles. The minimum atomic E-state index is -4.94. The van der Waals surface area contributed by atoms with Crippen molar-refractivity contribution in [3.05, 3.63) is 191 Å². The average molecular weight is 628 g/mol. The van der Waals surface area contributed by atoms with Gasteiger partial charge in [-0.15, -0.1) is 10.2 Å². The van der Waals surface area contributed by atoms with Crippen molar-refractivity contribution in [1.82, 2.24) is 0 Å². The molecule has 0 N–H and O–H groups in total. The van der Waals surface area contributed by atoms with Crippen molar-refractivity contribution in [2.24, 2.45) is 0 Å². The number of hydrogen-bond donors (Lipinski definition) is 0. The Balaban J connectivity index is 0.000000692. The summed E-state index contributed by atoms with van der Waals surface area (Å²) in [6, 6.07) is 44.3. The van der Waals surface area contributed by atoms with Crippen molar-refractivity contribution in [3.8, 4) is 0 Å². The lowest BCUT2D eigenvalue weighted by Gasteiger charge is -2.19. The molecule has 7 rings (SSSR count). The fourth-order valence-corrected chi connectivity index (χ4v) is 5.37. The largest absolute Gasteiger partial charge is 0.456 e. The van der Waals surface area contributed by atoms with Gasteiger partial charge in [0.15, 0.2) is 6.20 Å². The van der Waals surface area contributed by atoms with Crippen LogP contribution in [0.5, 0.6) is 0 Å². The number of pyridine rings is 1. The Hall–Kier alpha value is -5.41. The number of allylic oxidation sites excluding steroid dienone is 4. The van der Waals surface area contributed by atoms with Crippen LogP contribution in [0, 0.1) is 10.2 Å². The Morgan fingerprint density at radius 1 is 0.587 bits per heavy atom. The van der Waals surface area contributed by atoms with E-state index in [1.165, 1.54) is 0 Å². The van der Waals surface area contributed by atoms with Crippen LogP contribution in [0.2, 0.25) is 0 Å². The van der Waals surface area contributed by atoms with Crippen LogP contribution in [0.3, 0.4) is 0 Å². The monoisotopic (exact) mass is 627 g/mol. The molecular formula is C38H26ClNO6.